The van der Waals surface area contributed by atoms with Crippen LogP contribution in [0.25, 0.3) is 22.3 Å². The Morgan fingerprint density at radius 2 is 1.35 bits per heavy atom. The van der Waals surface area contributed by atoms with E-state index >= 15 is 0 Å². The largest absolute Gasteiger partial charge is 0.507 e. The van der Waals surface area contributed by atoms with E-state index in [9.17, 15) is 70.6 Å². The van der Waals surface area contributed by atoms with Gasteiger partial charge in [-0.3, -0.25) is 4.79 Å². The minimum absolute atomic E-state index is 0.107. The van der Waals surface area contributed by atoms with Crippen molar-refractivity contribution in [1.82, 2.24) is 0 Å². The van der Waals surface area contributed by atoms with Crippen molar-refractivity contribution >= 4 is 22.9 Å². The fraction of sp³-hybridized carbons (Fsp3) is 0.528. The summed E-state index contributed by atoms with van der Waals surface area (Å²) in [5.41, 5.74) is -1.75. The van der Waals surface area contributed by atoms with E-state index in [-0.39, 0.29) is 22.8 Å². The zero-order valence-electron chi connectivity index (χ0n) is 31.2. The first-order chi connectivity index (χ1) is 28.3. The molecule has 0 radical (unpaired) electrons. The van der Waals surface area contributed by atoms with Gasteiger partial charge in [0.1, 0.15) is 83.5 Å². The summed E-state index contributed by atoms with van der Waals surface area (Å²) >= 11 is 0. The van der Waals surface area contributed by atoms with Gasteiger partial charge >= 0.3 is 11.9 Å². The average Bonchev–Trinajstić information content (AvgIpc) is 3.21. The molecule has 24 nitrogen and oxygen atoms in total. The smallest absolute Gasteiger partial charge is 0.341 e. The summed E-state index contributed by atoms with van der Waals surface area (Å²) in [6, 6.07) is 5.54. The Labute approximate surface area is 336 Å². The van der Waals surface area contributed by atoms with Crippen molar-refractivity contribution in [2.45, 2.75) is 99.0 Å². The molecule has 3 saturated heterocycles. The summed E-state index contributed by atoms with van der Waals surface area (Å²) < 4.78 is 49.9. The minimum Gasteiger partial charge on any atom is -0.507 e. The predicted octanol–water partition coefficient (Wildman–Crippen LogP) is -4.06. The van der Waals surface area contributed by atoms with Gasteiger partial charge in [-0.25, -0.2) is 9.59 Å². The molecule has 24 heteroatoms. The Kier molecular flexibility index (Phi) is 13.4. The molecule has 330 valence electrons. The van der Waals surface area contributed by atoms with Gasteiger partial charge in [-0.15, -0.1) is 0 Å². The van der Waals surface area contributed by atoms with Crippen LogP contribution in [0, 0.1) is 0 Å². The van der Waals surface area contributed by atoms with E-state index in [1.54, 1.807) is 0 Å². The summed E-state index contributed by atoms with van der Waals surface area (Å²) in [6.07, 6.45) is -27.4. The van der Waals surface area contributed by atoms with E-state index in [2.05, 4.69) is 0 Å². The second-order valence-corrected chi connectivity index (χ2v) is 14.0. The molecule has 0 aliphatic carbocycles. The van der Waals surface area contributed by atoms with Crippen LogP contribution in [0.2, 0.25) is 0 Å². The molecule has 6 rings (SSSR count). The number of aliphatic carboxylic acids is 2. The van der Waals surface area contributed by atoms with Crippen LogP contribution in [0.4, 0.5) is 0 Å². The first-order valence-electron chi connectivity index (χ1n) is 18.0. The number of carbonyl (C=O) groups is 2. The number of phenols is 1. The average molecular weight is 859 g/mol. The number of carboxylic acid groups (broad SMARTS) is 2. The van der Waals surface area contributed by atoms with Gasteiger partial charge in [0.05, 0.1) is 19.8 Å². The lowest BCUT2D eigenvalue weighted by atomic mass is 9.98. The Morgan fingerprint density at radius 3 is 2.00 bits per heavy atom. The Morgan fingerprint density at radius 1 is 0.717 bits per heavy atom. The molecular formula is C36H42O24. The monoisotopic (exact) mass is 858 g/mol. The van der Waals surface area contributed by atoms with E-state index in [1.165, 1.54) is 26.2 Å². The highest BCUT2D eigenvalue weighted by Crippen LogP contribution is 2.41. The molecule has 12 N–H and O–H groups in total. The molecule has 0 unspecified atom stereocenters. The third-order valence-electron chi connectivity index (χ3n) is 9.89. The summed E-state index contributed by atoms with van der Waals surface area (Å²) in [5, 5.41) is 123. The molecule has 3 aliphatic heterocycles. The summed E-state index contributed by atoms with van der Waals surface area (Å²) in [7, 11) is 1.19. The standard InChI is InChI=1S/C36H42O24/c1-10-20(40)23(43)27(47)34(55-10)54-8-17-21(41)24(44)28(48)36(58-17)59-31-22(42)19-13(37)6-12(53-9-18(38)39)7-16(19)56-30(31)11-3-4-14(52-2)15(5-11)57-35-29(49)25(45)26(46)32(60-35)33(50)51/h3-7,10,17,20-21,23-29,32,34-37,40-41,43-49H,8-9H2,1-2H3,(H,38,39)(H,50,51)/t10-,17+,20-,21+,23+,24-,25-,26-,27+,28+,29+,32-,34+,35+,36-/m0/s1. The number of benzene rings is 2. The molecule has 0 amide bonds. The van der Waals surface area contributed by atoms with Crippen molar-refractivity contribution in [3.05, 3.63) is 40.6 Å². The maximum atomic E-state index is 14.3. The molecule has 2 aromatic carbocycles. The molecule has 3 fully saturated rings. The van der Waals surface area contributed by atoms with Crippen molar-refractivity contribution in [3.63, 3.8) is 0 Å². The highest BCUT2D eigenvalue weighted by molar-refractivity contribution is 5.88. The zero-order chi connectivity index (χ0) is 43.9. The van der Waals surface area contributed by atoms with Gasteiger partial charge < -0.3 is 104 Å². The fourth-order valence-corrected chi connectivity index (χ4v) is 6.58. The number of aliphatic hydroxyl groups is 9. The normalized spacial score (nSPS) is 34.5. The topological polar surface area (TPSA) is 381 Å². The van der Waals surface area contributed by atoms with E-state index < -0.39 is 151 Å². The maximum Gasteiger partial charge on any atom is 0.341 e. The highest BCUT2D eigenvalue weighted by Gasteiger charge is 2.50. The summed E-state index contributed by atoms with van der Waals surface area (Å²) in [4.78, 5) is 37.1. The Hall–Kier alpha value is -4.93. The number of methoxy groups -OCH3 is 1. The summed E-state index contributed by atoms with van der Waals surface area (Å²) in [5.74, 6) is -6.01. The Bertz CT molecular complexity index is 2090. The van der Waals surface area contributed by atoms with Crippen molar-refractivity contribution in [3.8, 4) is 40.1 Å². The van der Waals surface area contributed by atoms with Gasteiger partial charge in [0.2, 0.25) is 23.8 Å². The van der Waals surface area contributed by atoms with Crippen molar-refractivity contribution in [2.75, 3.05) is 20.3 Å². The third-order valence-corrected chi connectivity index (χ3v) is 9.89. The quantitative estimate of drug-likeness (QED) is 0.0778. The fourth-order valence-electron chi connectivity index (χ4n) is 6.58. The van der Waals surface area contributed by atoms with Crippen LogP contribution in [0.1, 0.15) is 6.92 Å². The van der Waals surface area contributed by atoms with Gasteiger partial charge in [0.15, 0.2) is 36.3 Å². The predicted molar refractivity (Wildman–Crippen MR) is 190 cm³/mol. The molecule has 60 heavy (non-hydrogen) atoms. The number of rotatable bonds is 13. The molecule has 0 saturated carbocycles. The van der Waals surface area contributed by atoms with E-state index in [1.807, 2.05) is 0 Å². The van der Waals surface area contributed by atoms with Gasteiger partial charge in [0, 0.05) is 17.7 Å². The number of aromatic hydroxyl groups is 1. The minimum atomic E-state index is -2.11. The van der Waals surface area contributed by atoms with Crippen LogP contribution in [0.5, 0.6) is 28.7 Å². The van der Waals surface area contributed by atoms with Crippen LogP contribution in [-0.4, -0.2) is 186 Å². The van der Waals surface area contributed by atoms with Gasteiger partial charge in [0.25, 0.3) is 0 Å². The molecule has 1 aromatic heterocycles. The number of fused-ring (bicyclic) bond motifs is 1. The number of hydrogen-bond acceptors (Lipinski definition) is 22. The molecule has 3 aliphatic rings. The Balaban J connectivity index is 1.39. The van der Waals surface area contributed by atoms with Crippen LogP contribution in [-0.2, 0) is 28.5 Å². The van der Waals surface area contributed by atoms with Crippen molar-refractivity contribution < 1.29 is 113 Å². The summed E-state index contributed by atoms with van der Waals surface area (Å²) in [6.45, 7) is -0.185. The second-order valence-electron chi connectivity index (χ2n) is 14.0. The number of ether oxygens (including phenoxy) is 8. The zero-order valence-corrected chi connectivity index (χ0v) is 31.2. The molecule has 0 spiro atoms. The SMILES string of the molecule is COc1ccc(-c2oc3cc(OCC(=O)O)cc(O)c3c(=O)c2O[C@@H]2O[C@H](CO[C@@H]3O[C@@H](C)[C@H](O)[C@@H](O)[C@H]3O)[C@@H](O)[C@H](O)[C@H]2O)cc1O[C@@H]1O[C@H](C(=O)O)[C@@H](O)[C@H](O)[C@H]1O. The van der Waals surface area contributed by atoms with Gasteiger partial charge in [-0.1, -0.05) is 0 Å². The van der Waals surface area contributed by atoms with Crippen LogP contribution >= 0.6 is 0 Å². The van der Waals surface area contributed by atoms with Crippen LogP contribution in [0.15, 0.2) is 39.5 Å². The van der Waals surface area contributed by atoms with Crippen molar-refractivity contribution in [1.29, 1.82) is 0 Å². The van der Waals surface area contributed by atoms with E-state index in [0.29, 0.717) is 0 Å². The van der Waals surface area contributed by atoms with Crippen molar-refractivity contribution in [2.24, 2.45) is 0 Å². The lowest BCUT2D eigenvalue weighted by Crippen LogP contribution is -2.61. The number of aliphatic hydroxyl groups excluding tert-OH is 9. The van der Waals surface area contributed by atoms with Crippen LogP contribution in [0.3, 0.4) is 0 Å². The van der Waals surface area contributed by atoms with Crippen LogP contribution < -0.4 is 24.4 Å². The second kappa shape index (κ2) is 18.0. The maximum absolute atomic E-state index is 14.3. The first kappa shape index (κ1) is 44.6. The number of hydrogen-bond donors (Lipinski definition) is 12. The van der Waals surface area contributed by atoms with E-state index in [4.69, 9.17) is 47.4 Å². The number of phenolic OH excluding ortho intramolecular Hbond substituents is 1. The lowest BCUT2D eigenvalue weighted by molar-refractivity contribution is -0.318. The first-order valence-corrected chi connectivity index (χ1v) is 18.0. The molecule has 3 aromatic rings. The third kappa shape index (κ3) is 8.77. The van der Waals surface area contributed by atoms with Gasteiger partial charge in [-0.2, -0.15) is 0 Å². The van der Waals surface area contributed by atoms with E-state index in [0.717, 1.165) is 18.2 Å². The molecule has 15 atom stereocenters. The molecular weight excluding hydrogens is 816 g/mol. The van der Waals surface area contributed by atoms with Gasteiger partial charge in [-0.05, 0) is 25.1 Å². The molecule has 4 heterocycles. The highest BCUT2D eigenvalue weighted by atomic mass is 16.7. The molecule has 0 bridgehead atoms. The number of carboxylic acids is 2. The lowest BCUT2D eigenvalue weighted by Gasteiger charge is -2.42.